The molecule has 0 saturated carbocycles. The van der Waals surface area contributed by atoms with Crippen LogP contribution in [0, 0.1) is 5.92 Å². The van der Waals surface area contributed by atoms with Crippen LogP contribution in [-0.4, -0.2) is 24.2 Å². The molecule has 0 bridgehead atoms. The summed E-state index contributed by atoms with van der Waals surface area (Å²) in [6, 6.07) is 11.2. The highest BCUT2D eigenvalue weighted by Crippen LogP contribution is 2.34. The summed E-state index contributed by atoms with van der Waals surface area (Å²) < 4.78 is 6.10. The minimum Gasteiger partial charge on any atom is -0.373 e. The Morgan fingerprint density at radius 3 is 3.10 bits per heavy atom. The number of nitrogens with one attached hydrogen (secondary N) is 1. The number of nitrogens with zero attached hydrogens (tertiary/aromatic N) is 1. The summed E-state index contributed by atoms with van der Waals surface area (Å²) in [5.74, 6) is 0.551. The maximum absolute atomic E-state index is 6.10. The van der Waals surface area contributed by atoms with E-state index in [0.29, 0.717) is 12.0 Å². The van der Waals surface area contributed by atoms with Crippen molar-refractivity contribution in [3.63, 3.8) is 0 Å². The second-order valence-corrected chi connectivity index (χ2v) is 6.21. The fourth-order valence-electron chi connectivity index (χ4n) is 3.08. The molecule has 112 valence electrons. The Hall–Kier alpha value is -1.45. The lowest BCUT2D eigenvalue weighted by Gasteiger charge is -2.33. The summed E-state index contributed by atoms with van der Waals surface area (Å²) >= 11 is 0. The molecule has 1 aliphatic rings. The van der Waals surface area contributed by atoms with Crippen LogP contribution in [0.5, 0.6) is 0 Å². The molecule has 1 N–H and O–H groups in total. The van der Waals surface area contributed by atoms with E-state index in [4.69, 9.17) is 4.74 Å². The molecule has 2 aromatic rings. The largest absolute Gasteiger partial charge is 0.373 e. The first-order chi connectivity index (χ1) is 10.2. The molecule has 2 unspecified atom stereocenters. The van der Waals surface area contributed by atoms with Gasteiger partial charge in [0.25, 0.3) is 0 Å². The number of rotatable bonds is 4. The second-order valence-electron chi connectivity index (χ2n) is 6.21. The van der Waals surface area contributed by atoms with Crippen LogP contribution in [0.15, 0.2) is 36.5 Å². The first-order valence-corrected chi connectivity index (χ1v) is 7.93. The number of aromatic nitrogens is 1. The summed E-state index contributed by atoms with van der Waals surface area (Å²) in [5.41, 5.74) is 2.33. The smallest absolute Gasteiger partial charge is 0.0865 e. The summed E-state index contributed by atoms with van der Waals surface area (Å²) in [7, 11) is 0. The molecule has 1 saturated heterocycles. The van der Waals surface area contributed by atoms with Gasteiger partial charge in [-0.3, -0.25) is 4.98 Å². The van der Waals surface area contributed by atoms with E-state index < -0.39 is 0 Å². The molecular weight excluding hydrogens is 260 g/mol. The van der Waals surface area contributed by atoms with E-state index >= 15 is 0 Å². The molecule has 1 aliphatic heterocycles. The Morgan fingerprint density at radius 2 is 2.24 bits per heavy atom. The minimum absolute atomic E-state index is 0.203. The van der Waals surface area contributed by atoms with Gasteiger partial charge < -0.3 is 10.1 Å². The van der Waals surface area contributed by atoms with Crippen LogP contribution in [0.3, 0.4) is 0 Å². The fourth-order valence-corrected chi connectivity index (χ4v) is 3.08. The normalized spacial score (nSPS) is 22.8. The zero-order valence-electron chi connectivity index (χ0n) is 12.9. The SMILES string of the molecule is CC(C)NCC1CCCOC1c1ccc2ncccc2c1. The van der Waals surface area contributed by atoms with Crippen molar-refractivity contribution in [2.75, 3.05) is 13.2 Å². The van der Waals surface area contributed by atoms with E-state index in [1.807, 2.05) is 12.3 Å². The van der Waals surface area contributed by atoms with Crippen LogP contribution in [0.4, 0.5) is 0 Å². The highest BCUT2D eigenvalue weighted by atomic mass is 16.5. The first kappa shape index (κ1) is 14.5. The van der Waals surface area contributed by atoms with Crippen LogP contribution >= 0.6 is 0 Å². The standard InChI is InChI=1S/C18H24N2O/c1-13(2)20-12-16-6-4-10-21-18(16)15-7-8-17-14(11-15)5-3-9-19-17/h3,5,7-9,11,13,16,18,20H,4,6,10,12H2,1-2H3. The van der Waals surface area contributed by atoms with Gasteiger partial charge in [0.2, 0.25) is 0 Å². The average molecular weight is 284 g/mol. The highest BCUT2D eigenvalue weighted by molar-refractivity contribution is 5.79. The lowest BCUT2D eigenvalue weighted by atomic mass is 9.88. The van der Waals surface area contributed by atoms with Gasteiger partial charge in [0.1, 0.15) is 0 Å². The highest BCUT2D eigenvalue weighted by Gasteiger charge is 2.27. The topological polar surface area (TPSA) is 34.1 Å². The number of hydrogen-bond donors (Lipinski definition) is 1. The quantitative estimate of drug-likeness (QED) is 0.929. The van der Waals surface area contributed by atoms with Gasteiger partial charge in [0.15, 0.2) is 0 Å². The van der Waals surface area contributed by atoms with E-state index in [9.17, 15) is 0 Å². The van der Waals surface area contributed by atoms with Gasteiger partial charge in [0.05, 0.1) is 11.6 Å². The number of ether oxygens (including phenoxy) is 1. The molecule has 0 spiro atoms. The molecule has 0 radical (unpaired) electrons. The number of fused-ring (bicyclic) bond motifs is 1. The van der Waals surface area contributed by atoms with Crippen molar-refractivity contribution in [2.24, 2.45) is 5.92 Å². The summed E-state index contributed by atoms with van der Waals surface area (Å²) in [6.07, 6.45) is 4.44. The van der Waals surface area contributed by atoms with Crippen molar-refractivity contribution >= 4 is 10.9 Å². The van der Waals surface area contributed by atoms with Gasteiger partial charge in [-0.15, -0.1) is 0 Å². The molecule has 2 atom stereocenters. The van der Waals surface area contributed by atoms with E-state index in [-0.39, 0.29) is 6.10 Å². The van der Waals surface area contributed by atoms with Crippen LogP contribution < -0.4 is 5.32 Å². The molecule has 0 amide bonds. The van der Waals surface area contributed by atoms with Crippen molar-refractivity contribution in [3.8, 4) is 0 Å². The molecule has 3 heteroatoms. The fraction of sp³-hybridized carbons (Fsp3) is 0.500. The molecule has 0 aliphatic carbocycles. The molecular formula is C18H24N2O. The average Bonchev–Trinajstić information content (AvgIpc) is 2.52. The lowest BCUT2D eigenvalue weighted by molar-refractivity contribution is -0.0281. The zero-order chi connectivity index (χ0) is 14.7. The van der Waals surface area contributed by atoms with Gasteiger partial charge in [-0.25, -0.2) is 0 Å². The summed E-state index contributed by atoms with van der Waals surface area (Å²) in [4.78, 5) is 4.39. The van der Waals surface area contributed by atoms with Crippen LogP contribution in [-0.2, 0) is 4.74 Å². The first-order valence-electron chi connectivity index (χ1n) is 7.93. The predicted molar refractivity (Wildman–Crippen MR) is 86.3 cm³/mol. The third-order valence-corrected chi connectivity index (χ3v) is 4.19. The van der Waals surface area contributed by atoms with E-state index in [1.165, 1.54) is 17.4 Å². The molecule has 1 aromatic carbocycles. The van der Waals surface area contributed by atoms with Gasteiger partial charge in [-0.2, -0.15) is 0 Å². The Balaban J connectivity index is 1.83. The van der Waals surface area contributed by atoms with Crippen molar-refractivity contribution in [3.05, 3.63) is 42.1 Å². The molecule has 21 heavy (non-hydrogen) atoms. The summed E-state index contributed by atoms with van der Waals surface area (Å²) in [6.45, 7) is 6.28. The number of benzene rings is 1. The molecule has 3 nitrogen and oxygen atoms in total. The van der Waals surface area contributed by atoms with E-state index in [0.717, 1.165) is 25.1 Å². The minimum atomic E-state index is 0.203. The maximum atomic E-state index is 6.10. The molecule has 1 aromatic heterocycles. The lowest BCUT2D eigenvalue weighted by Crippen LogP contribution is -2.35. The van der Waals surface area contributed by atoms with Crippen molar-refractivity contribution in [1.82, 2.24) is 10.3 Å². The Bertz CT molecular complexity index is 597. The van der Waals surface area contributed by atoms with E-state index in [1.54, 1.807) is 0 Å². The Kier molecular flexibility index (Phi) is 4.51. The monoisotopic (exact) mass is 284 g/mol. The maximum Gasteiger partial charge on any atom is 0.0865 e. The third-order valence-electron chi connectivity index (χ3n) is 4.19. The van der Waals surface area contributed by atoms with Gasteiger partial charge in [-0.05, 0) is 36.6 Å². The Labute approximate surface area is 126 Å². The van der Waals surface area contributed by atoms with E-state index in [2.05, 4.69) is 48.4 Å². The second kappa shape index (κ2) is 6.54. The van der Waals surface area contributed by atoms with Crippen LogP contribution in [0.1, 0.15) is 38.4 Å². The predicted octanol–water partition coefficient (Wildman–Crippen LogP) is 3.70. The number of hydrogen-bond acceptors (Lipinski definition) is 3. The van der Waals surface area contributed by atoms with Gasteiger partial charge in [0, 0.05) is 36.7 Å². The zero-order valence-corrected chi connectivity index (χ0v) is 12.9. The van der Waals surface area contributed by atoms with Crippen molar-refractivity contribution in [2.45, 2.75) is 38.8 Å². The number of pyridine rings is 1. The van der Waals surface area contributed by atoms with Crippen molar-refractivity contribution in [1.29, 1.82) is 0 Å². The molecule has 2 heterocycles. The van der Waals surface area contributed by atoms with Gasteiger partial charge in [-0.1, -0.05) is 26.0 Å². The van der Waals surface area contributed by atoms with Gasteiger partial charge >= 0.3 is 0 Å². The Morgan fingerprint density at radius 1 is 1.33 bits per heavy atom. The molecule has 1 fully saturated rings. The van der Waals surface area contributed by atoms with Crippen molar-refractivity contribution < 1.29 is 4.74 Å². The molecule has 3 rings (SSSR count). The van der Waals surface area contributed by atoms with Crippen LogP contribution in [0.25, 0.3) is 10.9 Å². The van der Waals surface area contributed by atoms with Crippen LogP contribution in [0.2, 0.25) is 0 Å². The third kappa shape index (κ3) is 3.42. The summed E-state index contributed by atoms with van der Waals surface area (Å²) in [5, 5.41) is 4.75.